The van der Waals surface area contributed by atoms with Crippen LogP contribution in [-0.4, -0.2) is 30.3 Å². The van der Waals surface area contributed by atoms with Crippen LogP contribution in [0, 0.1) is 0 Å². The Balaban J connectivity index is 1.64. The van der Waals surface area contributed by atoms with Gasteiger partial charge in [0, 0.05) is 12.2 Å². The number of nitrogens with zero attached hydrogens (tertiary/aromatic N) is 1. The van der Waals surface area contributed by atoms with Crippen molar-refractivity contribution in [1.82, 2.24) is 4.90 Å². The highest BCUT2D eigenvalue weighted by Crippen LogP contribution is 2.37. The largest absolute Gasteiger partial charge is 0.454 e. The lowest BCUT2D eigenvalue weighted by atomic mass is 10.0. The number of ether oxygens (including phenoxy) is 3. The molecule has 5 heteroatoms. The van der Waals surface area contributed by atoms with Crippen LogP contribution < -0.4 is 9.47 Å². The molecule has 0 spiro atoms. The van der Waals surface area contributed by atoms with Crippen molar-refractivity contribution in [2.75, 3.05) is 13.4 Å². The summed E-state index contributed by atoms with van der Waals surface area (Å²) >= 11 is 0. The smallest absolute Gasteiger partial charge is 0.252 e. The molecule has 0 N–H and O–H groups in total. The molecular formula is C21H23NO4. The number of carbonyl (C=O) groups is 1. The van der Waals surface area contributed by atoms with Gasteiger partial charge in [-0.15, -0.1) is 0 Å². The van der Waals surface area contributed by atoms with Crippen LogP contribution >= 0.6 is 0 Å². The summed E-state index contributed by atoms with van der Waals surface area (Å²) in [6.07, 6.45) is 1.36. The van der Waals surface area contributed by atoms with Crippen molar-refractivity contribution in [3.05, 3.63) is 59.7 Å². The Kier molecular flexibility index (Phi) is 4.80. The Labute approximate surface area is 153 Å². The van der Waals surface area contributed by atoms with Crippen LogP contribution in [0.15, 0.2) is 48.5 Å². The Morgan fingerprint density at radius 1 is 1.15 bits per heavy atom. The van der Waals surface area contributed by atoms with E-state index in [0.717, 1.165) is 35.5 Å². The van der Waals surface area contributed by atoms with Crippen molar-refractivity contribution in [3.63, 3.8) is 0 Å². The van der Waals surface area contributed by atoms with E-state index in [9.17, 15) is 4.79 Å². The lowest BCUT2D eigenvalue weighted by molar-refractivity contribution is -0.144. The Hall–Kier alpha value is -2.53. The predicted molar refractivity (Wildman–Crippen MR) is 96.9 cm³/mol. The van der Waals surface area contributed by atoms with Gasteiger partial charge in [0.15, 0.2) is 11.5 Å². The summed E-state index contributed by atoms with van der Waals surface area (Å²) in [5, 5.41) is 0. The van der Waals surface area contributed by atoms with Crippen molar-refractivity contribution in [3.8, 4) is 11.5 Å². The second-order valence-corrected chi connectivity index (χ2v) is 6.71. The number of carbonyl (C=O) groups excluding carboxylic acids is 1. The van der Waals surface area contributed by atoms with Gasteiger partial charge in [-0.2, -0.15) is 0 Å². The molecule has 0 unspecified atom stereocenters. The minimum atomic E-state index is -0.352. The molecule has 0 aliphatic carbocycles. The quantitative estimate of drug-likeness (QED) is 0.823. The minimum Gasteiger partial charge on any atom is -0.454 e. The molecule has 2 atom stereocenters. The molecule has 1 saturated heterocycles. The van der Waals surface area contributed by atoms with E-state index in [1.54, 1.807) is 0 Å². The third-order valence-electron chi connectivity index (χ3n) is 5.06. The highest BCUT2D eigenvalue weighted by molar-refractivity contribution is 5.81. The van der Waals surface area contributed by atoms with Crippen LogP contribution in [0.2, 0.25) is 0 Å². The monoisotopic (exact) mass is 353 g/mol. The molecule has 2 aliphatic heterocycles. The fourth-order valence-electron chi connectivity index (χ4n) is 3.57. The van der Waals surface area contributed by atoms with Gasteiger partial charge < -0.3 is 19.1 Å². The van der Waals surface area contributed by atoms with Gasteiger partial charge in [0.05, 0.1) is 12.6 Å². The van der Waals surface area contributed by atoms with Gasteiger partial charge in [-0.1, -0.05) is 42.5 Å². The molecule has 0 bridgehead atoms. The summed E-state index contributed by atoms with van der Waals surface area (Å²) in [4.78, 5) is 15.1. The van der Waals surface area contributed by atoms with Gasteiger partial charge in [0.2, 0.25) is 6.79 Å². The highest BCUT2D eigenvalue weighted by atomic mass is 16.7. The van der Waals surface area contributed by atoms with Crippen molar-refractivity contribution in [2.45, 2.75) is 38.5 Å². The van der Waals surface area contributed by atoms with Gasteiger partial charge >= 0.3 is 0 Å². The van der Waals surface area contributed by atoms with Crippen LogP contribution in [-0.2, 0) is 16.1 Å². The number of amides is 1. The summed E-state index contributed by atoms with van der Waals surface area (Å²) in [7, 11) is 0. The molecule has 5 nitrogen and oxygen atoms in total. The molecule has 2 aromatic carbocycles. The topological polar surface area (TPSA) is 48.0 Å². The molecule has 0 aromatic heterocycles. The maximum absolute atomic E-state index is 13.2. The zero-order chi connectivity index (χ0) is 17.9. The molecule has 26 heavy (non-hydrogen) atoms. The van der Waals surface area contributed by atoms with Crippen molar-refractivity contribution < 1.29 is 19.0 Å². The normalized spacial score (nSPS) is 19.3. The number of para-hydroxylation sites is 1. The molecule has 2 heterocycles. The Morgan fingerprint density at radius 3 is 2.77 bits per heavy atom. The van der Waals surface area contributed by atoms with Gasteiger partial charge in [0.25, 0.3) is 5.91 Å². The van der Waals surface area contributed by atoms with E-state index < -0.39 is 0 Å². The number of fused-ring (bicyclic) bond motifs is 1. The van der Waals surface area contributed by atoms with Crippen LogP contribution in [0.5, 0.6) is 11.5 Å². The Morgan fingerprint density at radius 2 is 2.00 bits per heavy atom. The van der Waals surface area contributed by atoms with Gasteiger partial charge in [-0.05, 0) is 31.4 Å². The van der Waals surface area contributed by atoms with E-state index in [1.165, 1.54) is 0 Å². The van der Waals surface area contributed by atoms with E-state index >= 15 is 0 Å². The van der Waals surface area contributed by atoms with Gasteiger partial charge in [-0.3, -0.25) is 4.79 Å². The first kappa shape index (κ1) is 16.9. The van der Waals surface area contributed by atoms with E-state index in [-0.39, 0.29) is 24.8 Å². The average molecular weight is 353 g/mol. The molecule has 1 amide bonds. The van der Waals surface area contributed by atoms with Crippen LogP contribution in [0.4, 0.5) is 0 Å². The maximum Gasteiger partial charge on any atom is 0.252 e. The van der Waals surface area contributed by atoms with Gasteiger partial charge in [-0.25, -0.2) is 0 Å². The second-order valence-electron chi connectivity index (χ2n) is 6.71. The molecule has 4 rings (SSSR count). The first-order chi connectivity index (χ1) is 12.7. The number of benzene rings is 2. The minimum absolute atomic E-state index is 0.0374. The molecular weight excluding hydrogens is 330 g/mol. The van der Waals surface area contributed by atoms with E-state index in [2.05, 4.69) is 19.1 Å². The fraction of sp³-hybridized carbons (Fsp3) is 0.381. The highest BCUT2D eigenvalue weighted by Gasteiger charge is 2.32. The van der Waals surface area contributed by atoms with Crippen LogP contribution in [0.1, 0.15) is 36.9 Å². The van der Waals surface area contributed by atoms with Crippen LogP contribution in [0.25, 0.3) is 0 Å². The maximum atomic E-state index is 13.2. The first-order valence-corrected chi connectivity index (χ1v) is 9.08. The summed E-state index contributed by atoms with van der Waals surface area (Å²) in [6.45, 7) is 3.39. The lowest BCUT2D eigenvalue weighted by Crippen LogP contribution is -2.40. The summed E-state index contributed by atoms with van der Waals surface area (Å²) < 4.78 is 16.8. The van der Waals surface area contributed by atoms with Crippen molar-refractivity contribution >= 4 is 5.91 Å². The van der Waals surface area contributed by atoms with E-state index in [1.807, 2.05) is 41.3 Å². The zero-order valence-corrected chi connectivity index (χ0v) is 14.9. The van der Waals surface area contributed by atoms with E-state index in [4.69, 9.17) is 14.2 Å². The average Bonchev–Trinajstić information content (AvgIpc) is 3.37. The van der Waals surface area contributed by atoms with Crippen molar-refractivity contribution in [2.24, 2.45) is 0 Å². The zero-order valence-electron chi connectivity index (χ0n) is 14.9. The van der Waals surface area contributed by atoms with E-state index in [0.29, 0.717) is 13.2 Å². The molecule has 0 saturated carbocycles. The van der Waals surface area contributed by atoms with Gasteiger partial charge in [0.1, 0.15) is 6.10 Å². The molecule has 0 radical (unpaired) electrons. The number of hydrogen-bond donors (Lipinski definition) is 0. The second kappa shape index (κ2) is 7.38. The lowest BCUT2D eigenvalue weighted by Gasteiger charge is -2.32. The Bertz CT molecular complexity index is 771. The SMILES string of the molecule is C[C@@H](c1ccccc1)N(Cc1cccc2c1OCO2)C(=O)[C@H]1CCCO1. The standard InChI is InChI=1S/C21H23NO4/c1-15(16-7-3-2-4-8-16)22(21(23)19-11-6-12-24-19)13-17-9-5-10-18-20(17)26-14-25-18/h2-5,7-10,15,19H,6,11-14H2,1H3/t15-,19+/m0/s1. The molecule has 2 aliphatic rings. The summed E-state index contributed by atoms with van der Waals surface area (Å²) in [6, 6.07) is 15.8. The third kappa shape index (κ3) is 3.27. The number of rotatable bonds is 5. The molecule has 2 aromatic rings. The predicted octanol–water partition coefficient (Wildman–Crippen LogP) is 3.68. The summed E-state index contributed by atoms with van der Waals surface area (Å²) in [5.41, 5.74) is 2.05. The van der Waals surface area contributed by atoms with Crippen molar-refractivity contribution in [1.29, 1.82) is 0 Å². The third-order valence-corrected chi connectivity index (χ3v) is 5.06. The van der Waals surface area contributed by atoms with Crippen LogP contribution in [0.3, 0.4) is 0 Å². The summed E-state index contributed by atoms with van der Waals surface area (Å²) in [5.74, 6) is 1.51. The number of hydrogen-bond acceptors (Lipinski definition) is 4. The first-order valence-electron chi connectivity index (χ1n) is 9.08. The molecule has 1 fully saturated rings. The fourth-order valence-corrected chi connectivity index (χ4v) is 3.57. The molecule has 136 valence electrons.